The van der Waals surface area contributed by atoms with Gasteiger partial charge in [0.05, 0.1) is 5.56 Å². The number of nitrogens with two attached hydrogens (primary N) is 1. The van der Waals surface area contributed by atoms with Crippen LogP contribution in [0.3, 0.4) is 0 Å². The molecule has 1 aliphatic heterocycles. The lowest BCUT2D eigenvalue weighted by Crippen LogP contribution is -2.24. The number of hydrogen-bond donors (Lipinski definition) is 1. The second-order valence-electron chi connectivity index (χ2n) is 5.84. The van der Waals surface area contributed by atoms with Crippen molar-refractivity contribution in [2.45, 2.75) is 39.5 Å². The van der Waals surface area contributed by atoms with Gasteiger partial charge in [-0.25, -0.2) is 0 Å². The molecule has 3 rings (SSSR count). The van der Waals surface area contributed by atoms with Gasteiger partial charge in [0.1, 0.15) is 0 Å². The number of benzene rings is 1. The van der Waals surface area contributed by atoms with Gasteiger partial charge in [-0.3, -0.25) is 0 Å². The van der Waals surface area contributed by atoms with Crippen LogP contribution in [0.15, 0.2) is 16.7 Å². The number of aryl methyl sites for hydroxylation is 2. The van der Waals surface area contributed by atoms with Crippen molar-refractivity contribution in [2.75, 3.05) is 23.7 Å². The van der Waals surface area contributed by atoms with Crippen molar-refractivity contribution in [1.29, 1.82) is 0 Å². The van der Waals surface area contributed by atoms with Crippen LogP contribution < -0.4 is 10.6 Å². The quantitative estimate of drug-likeness (QED) is 0.858. The van der Waals surface area contributed by atoms with Gasteiger partial charge in [-0.2, -0.15) is 4.98 Å². The third kappa shape index (κ3) is 2.86. The van der Waals surface area contributed by atoms with Crippen LogP contribution in [0.2, 0.25) is 0 Å². The summed E-state index contributed by atoms with van der Waals surface area (Å²) in [6.45, 7) is 6.04. The molecule has 1 aromatic heterocycles. The summed E-state index contributed by atoms with van der Waals surface area (Å²) in [4.78, 5) is 6.76. The molecule has 0 saturated carbocycles. The zero-order valence-electron chi connectivity index (χ0n) is 12.7. The summed E-state index contributed by atoms with van der Waals surface area (Å²) in [5.74, 6) is 1.20. The molecule has 0 aliphatic carbocycles. The predicted octanol–water partition coefficient (Wildman–Crippen LogP) is 3.32. The first-order chi connectivity index (χ1) is 10.1. The number of nitrogens with zero attached hydrogens (tertiary/aromatic N) is 3. The topological polar surface area (TPSA) is 68.2 Å². The van der Waals surface area contributed by atoms with Crippen LogP contribution in [0.5, 0.6) is 0 Å². The lowest BCUT2D eigenvalue weighted by atomic mass is 10.0. The lowest BCUT2D eigenvalue weighted by Gasteiger charge is -2.16. The minimum atomic E-state index is 0.513. The fourth-order valence-corrected chi connectivity index (χ4v) is 2.88. The Hall–Kier alpha value is -2.04. The summed E-state index contributed by atoms with van der Waals surface area (Å²) >= 11 is 0. The average molecular weight is 286 g/mol. The first-order valence-electron chi connectivity index (χ1n) is 7.61. The van der Waals surface area contributed by atoms with Gasteiger partial charge < -0.3 is 15.2 Å². The molecular weight excluding hydrogens is 264 g/mol. The van der Waals surface area contributed by atoms with Crippen LogP contribution in [0.1, 0.15) is 36.8 Å². The van der Waals surface area contributed by atoms with Crippen molar-refractivity contribution in [2.24, 2.45) is 0 Å². The van der Waals surface area contributed by atoms with Gasteiger partial charge in [0, 0.05) is 18.8 Å². The van der Waals surface area contributed by atoms with Crippen LogP contribution in [0, 0.1) is 13.8 Å². The second-order valence-corrected chi connectivity index (χ2v) is 5.84. The number of anilines is 2. The summed E-state index contributed by atoms with van der Waals surface area (Å²) in [5.41, 5.74) is 9.89. The van der Waals surface area contributed by atoms with Crippen molar-refractivity contribution in [3.8, 4) is 11.5 Å². The van der Waals surface area contributed by atoms with Gasteiger partial charge in [0.25, 0.3) is 11.8 Å². The normalized spacial score (nSPS) is 16.0. The maximum Gasteiger partial charge on any atom is 0.266 e. The van der Waals surface area contributed by atoms with Crippen molar-refractivity contribution in [3.63, 3.8) is 0 Å². The summed E-state index contributed by atoms with van der Waals surface area (Å²) < 4.78 is 5.45. The van der Waals surface area contributed by atoms with E-state index in [1.807, 2.05) is 19.9 Å². The number of rotatable bonds is 2. The van der Waals surface area contributed by atoms with Gasteiger partial charge in [0.15, 0.2) is 0 Å². The molecule has 0 radical (unpaired) electrons. The van der Waals surface area contributed by atoms with Crippen molar-refractivity contribution < 1.29 is 4.52 Å². The van der Waals surface area contributed by atoms with E-state index >= 15 is 0 Å². The Morgan fingerprint density at radius 1 is 1.10 bits per heavy atom. The summed E-state index contributed by atoms with van der Waals surface area (Å²) in [5, 5.41) is 4.14. The van der Waals surface area contributed by atoms with E-state index in [0.29, 0.717) is 17.5 Å². The fourth-order valence-electron chi connectivity index (χ4n) is 2.88. The highest BCUT2D eigenvalue weighted by atomic mass is 16.5. The molecular formula is C16H22N4O. The van der Waals surface area contributed by atoms with Gasteiger partial charge in [0.2, 0.25) is 0 Å². The smallest absolute Gasteiger partial charge is 0.266 e. The zero-order chi connectivity index (χ0) is 14.8. The van der Waals surface area contributed by atoms with Crippen LogP contribution in [-0.4, -0.2) is 23.2 Å². The SMILES string of the molecule is Cc1cc(C)c(N)c(-c2nc(N3CCCCCC3)no2)c1. The maximum absolute atomic E-state index is 6.15. The van der Waals surface area contributed by atoms with Crippen molar-refractivity contribution in [1.82, 2.24) is 10.1 Å². The summed E-state index contributed by atoms with van der Waals surface area (Å²) in [6.07, 6.45) is 4.95. The Morgan fingerprint density at radius 2 is 1.81 bits per heavy atom. The van der Waals surface area contributed by atoms with Gasteiger partial charge in [-0.05, 0) is 49.0 Å². The molecule has 2 aromatic rings. The minimum Gasteiger partial charge on any atom is -0.398 e. The Balaban J connectivity index is 1.91. The van der Waals surface area contributed by atoms with Gasteiger partial charge in [-0.15, -0.1) is 0 Å². The average Bonchev–Trinajstić information content (AvgIpc) is 2.78. The molecule has 21 heavy (non-hydrogen) atoms. The number of hydrogen-bond acceptors (Lipinski definition) is 5. The van der Waals surface area contributed by atoms with Crippen molar-refractivity contribution >= 4 is 11.6 Å². The monoisotopic (exact) mass is 286 g/mol. The molecule has 1 saturated heterocycles. The fraction of sp³-hybridized carbons (Fsp3) is 0.500. The molecule has 1 aliphatic rings. The van der Waals surface area contributed by atoms with E-state index in [9.17, 15) is 0 Å². The molecule has 5 nitrogen and oxygen atoms in total. The summed E-state index contributed by atoms with van der Waals surface area (Å²) in [7, 11) is 0. The van der Waals surface area contributed by atoms with Gasteiger partial charge >= 0.3 is 0 Å². The van der Waals surface area contributed by atoms with Crippen LogP contribution in [0.25, 0.3) is 11.5 Å². The Kier molecular flexibility index (Phi) is 3.82. The number of nitrogen functional groups attached to an aromatic ring is 1. The lowest BCUT2D eigenvalue weighted by molar-refractivity contribution is 0.429. The Bertz CT molecular complexity index is 627. The summed E-state index contributed by atoms with van der Waals surface area (Å²) in [6, 6.07) is 4.06. The molecule has 5 heteroatoms. The third-order valence-electron chi connectivity index (χ3n) is 4.07. The molecule has 1 aromatic carbocycles. The maximum atomic E-state index is 6.15. The molecule has 0 bridgehead atoms. The van der Waals surface area contributed by atoms with E-state index in [-0.39, 0.29) is 0 Å². The van der Waals surface area contributed by atoms with E-state index in [2.05, 4.69) is 21.1 Å². The first-order valence-corrected chi connectivity index (χ1v) is 7.61. The highest BCUT2D eigenvalue weighted by molar-refractivity contribution is 5.74. The molecule has 0 amide bonds. The van der Waals surface area contributed by atoms with Crippen LogP contribution in [-0.2, 0) is 0 Å². The Morgan fingerprint density at radius 3 is 2.52 bits per heavy atom. The molecule has 0 atom stereocenters. The van der Waals surface area contributed by atoms with E-state index in [4.69, 9.17) is 10.3 Å². The number of aromatic nitrogens is 2. The molecule has 2 heterocycles. The molecule has 0 spiro atoms. The molecule has 0 unspecified atom stereocenters. The highest BCUT2D eigenvalue weighted by Gasteiger charge is 2.18. The second kappa shape index (κ2) is 5.76. The first kappa shape index (κ1) is 13.9. The van der Waals surface area contributed by atoms with Crippen LogP contribution >= 0.6 is 0 Å². The molecule has 112 valence electrons. The Labute approximate surface area is 125 Å². The third-order valence-corrected chi connectivity index (χ3v) is 4.07. The predicted molar refractivity (Wildman–Crippen MR) is 84.3 cm³/mol. The van der Waals surface area contributed by atoms with E-state index < -0.39 is 0 Å². The van der Waals surface area contributed by atoms with Crippen molar-refractivity contribution in [3.05, 3.63) is 23.3 Å². The van der Waals surface area contributed by atoms with Gasteiger partial charge in [-0.1, -0.05) is 18.9 Å². The molecule has 1 fully saturated rings. The zero-order valence-corrected chi connectivity index (χ0v) is 12.7. The van der Waals surface area contributed by atoms with E-state index in [1.165, 1.54) is 25.7 Å². The van der Waals surface area contributed by atoms with E-state index in [0.717, 1.165) is 29.8 Å². The van der Waals surface area contributed by atoms with Crippen LogP contribution in [0.4, 0.5) is 11.6 Å². The largest absolute Gasteiger partial charge is 0.398 e. The highest BCUT2D eigenvalue weighted by Crippen LogP contribution is 2.30. The molecule has 2 N–H and O–H groups in total. The minimum absolute atomic E-state index is 0.513. The standard InChI is InChI=1S/C16H22N4O/c1-11-9-12(2)14(17)13(10-11)15-18-16(19-21-15)20-7-5-3-4-6-8-20/h9-10H,3-8,17H2,1-2H3. The van der Waals surface area contributed by atoms with E-state index in [1.54, 1.807) is 0 Å².